The van der Waals surface area contributed by atoms with Crippen LogP contribution in [0.1, 0.15) is 5.56 Å². The predicted molar refractivity (Wildman–Crippen MR) is 75.6 cm³/mol. The maximum atomic E-state index is 11.9. The molecule has 1 aromatic rings. The van der Waals surface area contributed by atoms with Crippen molar-refractivity contribution in [2.45, 2.75) is 6.54 Å². The van der Waals surface area contributed by atoms with Crippen molar-refractivity contribution in [3.8, 4) is 0 Å². The summed E-state index contributed by atoms with van der Waals surface area (Å²) in [6.45, 7) is 0.315. The molecule has 114 valence electrons. The minimum Gasteiger partial charge on any atom is -0.334 e. The third kappa shape index (κ3) is 3.91. The number of carbonyl (C=O) groups excluding carboxylic acids is 1. The van der Waals surface area contributed by atoms with E-state index in [4.69, 9.17) is 0 Å². The predicted octanol–water partition coefficient (Wildman–Crippen LogP) is 0.535. The quantitative estimate of drug-likeness (QED) is 0.647. The summed E-state index contributed by atoms with van der Waals surface area (Å²) in [5.41, 5.74) is 0.347. The van der Waals surface area contributed by atoms with E-state index in [9.17, 15) is 23.3 Å². The summed E-state index contributed by atoms with van der Waals surface area (Å²) in [6.07, 6.45) is 0. The first-order valence-electron chi connectivity index (χ1n) is 6.34. The second kappa shape index (κ2) is 6.08. The van der Waals surface area contributed by atoms with Gasteiger partial charge in [-0.05, 0) is 0 Å². The van der Waals surface area contributed by atoms with E-state index in [2.05, 4.69) is 5.32 Å². The van der Waals surface area contributed by atoms with Crippen LogP contribution in [0.4, 0.5) is 10.5 Å². The first-order chi connectivity index (χ1) is 9.89. The van der Waals surface area contributed by atoms with Gasteiger partial charge in [0.1, 0.15) is 0 Å². The summed E-state index contributed by atoms with van der Waals surface area (Å²) in [7, 11) is -3.05. The SMILES string of the molecule is O=C(NCc1ccccc1[N+](=O)[O-])N1CCS(=O)(=O)CC1. The molecule has 0 saturated carbocycles. The van der Waals surface area contributed by atoms with Crippen LogP contribution >= 0.6 is 0 Å². The van der Waals surface area contributed by atoms with Crippen molar-refractivity contribution in [1.29, 1.82) is 0 Å². The molecule has 2 rings (SSSR count). The summed E-state index contributed by atoms with van der Waals surface area (Å²) in [5, 5.41) is 13.4. The van der Waals surface area contributed by atoms with E-state index >= 15 is 0 Å². The van der Waals surface area contributed by atoms with E-state index in [0.717, 1.165) is 0 Å². The molecule has 1 saturated heterocycles. The van der Waals surface area contributed by atoms with E-state index < -0.39 is 20.8 Å². The zero-order valence-corrected chi connectivity index (χ0v) is 12.0. The standard InChI is InChI=1S/C12H15N3O5S/c16-12(14-5-7-21(19,20)8-6-14)13-9-10-3-1-2-4-11(10)15(17)18/h1-4H,5-9H2,(H,13,16). The molecule has 8 nitrogen and oxygen atoms in total. The van der Waals surface area contributed by atoms with Crippen LogP contribution in [0.3, 0.4) is 0 Å². The summed E-state index contributed by atoms with van der Waals surface area (Å²) in [5.74, 6) is -0.0994. The number of carbonyl (C=O) groups is 1. The van der Waals surface area contributed by atoms with Crippen LogP contribution in [0.2, 0.25) is 0 Å². The van der Waals surface area contributed by atoms with E-state index in [1.54, 1.807) is 18.2 Å². The molecule has 0 aliphatic carbocycles. The highest BCUT2D eigenvalue weighted by Crippen LogP contribution is 2.17. The van der Waals surface area contributed by atoms with Gasteiger partial charge in [0, 0.05) is 24.7 Å². The van der Waals surface area contributed by atoms with E-state index in [-0.39, 0.29) is 36.8 Å². The van der Waals surface area contributed by atoms with Crippen LogP contribution in [0, 0.1) is 10.1 Å². The highest BCUT2D eigenvalue weighted by Gasteiger charge is 2.25. The van der Waals surface area contributed by atoms with Gasteiger partial charge in [0.05, 0.1) is 23.0 Å². The van der Waals surface area contributed by atoms with Crippen molar-refractivity contribution in [3.63, 3.8) is 0 Å². The fraction of sp³-hybridized carbons (Fsp3) is 0.417. The Hall–Kier alpha value is -2.16. The summed E-state index contributed by atoms with van der Waals surface area (Å²) < 4.78 is 22.6. The molecule has 21 heavy (non-hydrogen) atoms. The Morgan fingerprint density at radius 1 is 1.29 bits per heavy atom. The number of nitro benzene ring substituents is 1. The Labute approximate surface area is 121 Å². The zero-order valence-electron chi connectivity index (χ0n) is 11.2. The molecule has 0 bridgehead atoms. The molecule has 1 fully saturated rings. The van der Waals surface area contributed by atoms with Crippen molar-refractivity contribution >= 4 is 21.6 Å². The molecule has 0 unspecified atom stereocenters. The lowest BCUT2D eigenvalue weighted by molar-refractivity contribution is -0.385. The molecule has 2 amide bonds. The van der Waals surface area contributed by atoms with Crippen LogP contribution in [0.15, 0.2) is 24.3 Å². The highest BCUT2D eigenvalue weighted by atomic mass is 32.2. The minimum atomic E-state index is -3.05. The average Bonchev–Trinajstić information content (AvgIpc) is 2.45. The van der Waals surface area contributed by atoms with Gasteiger partial charge in [-0.1, -0.05) is 18.2 Å². The molecule has 0 spiro atoms. The Kier molecular flexibility index (Phi) is 4.41. The Balaban J connectivity index is 1.95. The van der Waals surface area contributed by atoms with Crippen LogP contribution in [0.25, 0.3) is 0 Å². The molecular formula is C12H15N3O5S. The smallest absolute Gasteiger partial charge is 0.317 e. The van der Waals surface area contributed by atoms with Gasteiger partial charge in [0.2, 0.25) is 0 Å². The van der Waals surface area contributed by atoms with Crippen molar-refractivity contribution in [1.82, 2.24) is 10.2 Å². The Morgan fingerprint density at radius 3 is 2.52 bits per heavy atom. The number of rotatable bonds is 3. The van der Waals surface area contributed by atoms with Crippen molar-refractivity contribution in [2.75, 3.05) is 24.6 Å². The second-order valence-corrected chi connectivity index (χ2v) is 6.99. The van der Waals surface area contributed by atoms with Gasteiger partial charge >= 0.3 is 6.03 Å². The highest BCUT2D eigenvalue weighted by molar-refractivity contribution is 7.91. The number of hydrogen-bond donors (Lipinski definition) is 1. The van der Waals surface area contributed by atoms with Crippen LogP contribution in [-0.4, -0.2) is 48.9 Å². The van der Waals surface area contributed by atoms with Crippen molar-refractivity contribution in [3.05, 3.63) is 39.9 Å². The largest absolute Gasteiger partial charge is 0.334 e. The number of sulfone groups is 1. The number of para-hydroxylation sites is 1. The monoisotopic (exact) mass is 313 g/mol. The van der Waals surface area contributed by atoms with Gasteiger partial charge in [0.25, 0.3) is 5.69 Å². The number of benzene rings is 1. The lowest BCUT2D eigenvalue weighted by Crippen LogP contribution is -2.48. The van der Waals surface area contributed by atoms with Gasteiger partial charge in [-0.2, -0.15) is 0 Å². The molecule has 1 aliphatic rings. The van der Waals surface area contributed by atoms with Gasteiger partial charge < -0.3 is 10.2 Å². The van der Waals surface area contributed by atoms with Gasteiger partial charge in [0.15, 0.2) is 9.84 Å². The molecule has 1 heterocycles. The van der Waals surface area contributed by atoms with Crippen LogP contribution in [-0.2, 0) is 16.4 Å². The summed E-state index contributed by atoms with van der Waals surface area (Å²) >= 11 is 0. The molecular weight excluding hydrogens is 298 g/mol. The number of nitro groups is 1. The third-order valence-electron chi connectivity index (χ3n) is 3.25. The molecule has 1 aliphatic heterocycles. The Bertz CT molecular complexity index is 645. The number of urea groups is 1. The van der Waals surface area contributed by atoms with Crippen LogP contribution < -0.4 is 5.32 Å². The van der Waals surface area contributed by atoms with Gasteiger partial charge in [-0.15, -0.1) is 0 Å². The van der Waals surface area contributed by atoms with E-state index in [1.807, 2.05) is 0 Å². The van der Waals surface area contributed by atoms with Gasteiger partial charge in [-0.3, -0.25) is 10.1 Å². The Morgan fingerprint density at radius 2 is 1.90 bits per heavy atom. The molecule has 9 heteroatoms. The number of nitrogens with zero attached hydrogens (tertiary/aromatic N) is 2. The first kappa shape index (κ1) is 15.2. The topological polar surface area (TPSA) is 110 Å². The summed E-state index contributed by atoms with van der Waals surface area (Å²) in [6, 6.07) is 5.73. The average molecular weight is 313 g/mol. The van der Waals surface area contributed by atoms with E-state index in [1.165, 1.54) is 11.0 Å². The van der Waals surface area contributed by atoms with E-state index in [0.29, 0.717) is 5.56 Å². The summed E-state index contributed by atoms with van der Waals surface area (Å²) in [4.78, 5) is 23.7. The lowest BCUT2D eigenvalue weighted by Gasteiger charge is -2.26. The normalized spacial score (nSPS) is 17.2. The maximum Gasteiger partial charge on any atom is 0.317 e. The number of nitrogens with one attached hydrogen (secondary N) is 1. The zero-order chi connectivity index (χ0) is 15.5. The molecule has 0 atom stereocenters. The maximum absolute atomic E-state index is 11.9. The molecule has 0 aromatic heterocycles. The minimum absolute atomic E-state index is 0.0270. The van der Waals surface area contributed by atoms with Crippen molar-refractivity contribution < 1.29 is 18.1 Å². The lowest BCUT2D eigenvalue weighted by atomic mass is 10.2. The fourth-order valence-corrected chi connectivity index (χ4v) is 3.24. The third-order valence-corrected chi connectivity index (χ3v) is 4.86. The van der Waals surface area contributed by atoms with Crippen molar-refractivity contribution in [2.24, 2.45) is 0 Å². The second-order valence-electron chi connectivity index (χ2n) is 4.68. The molecule has 1 N–H and O–H groups in total. The molecule has 0 radical (unpaired) electrons. The number of amides is 2. The van der Waals surface area contributed by atoms with Gasteiger partial charge in [-0.25, -0.2) is 13.2 Å². The van der Waals surface area contributed by atoms with Crippen LogP contribution in [0.5, 0.6) is 0 Å². The first-order valence-corrected chi connectivity index (χ1v) is 8.17. The number of hydrogen-bond acceptors (Lipinski definition) is 5. The fourth-order valence-electron chi connectivity index (χ4n) is 2.04. The molecule has 1 aromatic carbocycles.